The highest BCUT2D eigenvalue weighted by Gasteiger charge is 2.11. The van der Waals surface area contributed by atoms with Crippen LogP contribution in [0.15, 0.2) is 18.2 Å². The molecule has 0 fully saturated rings. The highest BCUT2D eigenvalue weighted by Crippen LogP contribution is 2.16. The van der Waals surface area contributed by atoms with Crippen molar-refractivity contribution in [3.63, 3.8) is 0 Å². The van der Waals surface area contributed by atoms with Crippen molar-refractivity contribution in [2.45, 2.75) is 39.7 Å². The minimum absolute atomic E-state index is 0.0410. The van der Waals surface area contributed by atoms with E-state index in [0.717, 1.165) is 12.0 Å². The summed E-state index contributed by atoms with van der Waals surface area (Å²) < 4.78 is 0. The first-order valence-corrected chi connectivity index (χ1v) is 7.55. The van der Waals surface area contributed by atoms with Crippen LogP contribution in [0.5, 0.6) is 0 Å². The lowest BCUT2D eigenvalue weighted by Crippen LogP contribution is -2.32. The van der Waals surface area contributed by atoms with Crippen LogP contribution in [0.2, 0.25) is 0 Å². The lowest BCUT2D eigenvalue weighted by molar-refractivity contribution is 0.0939. The fourth-order valence-corrected chi connectivity index (χ4v) is 1.80. The van der Waals surface area contributed by atoms with Gasteiger partial charge in [-0.15, -0.1) is 0 Å². The molecule has 0 aliphatic rings. The minimum Gasteiger partial charge on any atom is -0.396 e. The Morgan fingerprint density at radius 3 is 2.64 bits per heavy atom. The molecule has 0 aliphatic heterocycles. The molecular weight excluding hydrogens is 282 g/mol. The van der Waals surface area contributed by atoms with Crippen molar-refractivity contribution in [1.82, 2.24) is 10.6 Å². The Kier molecular flexibility index (Phi) is 7.39. The molecular formula is C16H25N3O3. The third kappa shape index (κ3) is 5.73. The van der Waals surface area contributed by atoms with Gasteiger partial charge in [0.1, 0.15) is 0 Å². The first-order valence-electron chi connectivity index (χ1n) is 7.55. The van der Waals surface area contributed by atoms with Gasteiger partial charge in [-0.05, 0) is 50.5 Å². The molecule has 0 spiro atoms. The third-order valence-corrected chi connectivity index (χ3v) is 3.35. The molecule has 1 unspecified atom stereocenters. The molecule has 0 aromatic heterocycles. The highest BCUT2D eigenvalue weighted by molar-refractivity contribution is 5.96. The van der Waals surface area contributed by atoms with Crippen LogP contribution in [0.25, 0.3) is 0 Å². The number of carbonyl (C=O) groups is 2. The van der Waals surface area contributed by atoms with Gasteiger partial charge in [0.25, 0.3) is 5.91 Å². The third-order valence-electron chi connectivity index (χ3n) is 3.35. The number of anilines is 1. The number of hydrogen-bond acceptors (Lipinski definition) is 3. The van der Waals surface area contributed by atoms with E-state index in [1.807, 2.05) is 20.8 Å². The van der Waals surface area contributed by atoms with E-state index in [0.29, 0.717) is 24.2 Å². The van der Waals surface area contributed by atoms with Crippen LogP contribution in [0, 0.1) is 6.92 Å². The molecule has 0 aliphatic carbocycles. The van der Waals surface area contributed by atoms with Crippen LogP contribution in [0.1, 0.15) is 42.6 Å². The molecule has 0 saturated heterocycles. The Hall–Kier alpha value is -2.08. The van der Waals surface area contributed by atoms with Gasteiger partial charge in [0, 0.05) is 30.4 Å². The average molecular weight is 307 g/mol. The molecule has 6 nitrogen and oxygen atoms in total. The second kappa shape index (κ2) is 9.04. The predicted octanol–water partition coefficient (Wildman–Crippen LogP) is 2.03. The molecule has 0 bridgehead atoms. The van der Waals surface area contributed by atoms with Gasteiger partial charge in [-0.2, -0.15) is 0 Å². The van der Waals surface area contributed by atoms with Gasteiger partial charge in [-0.25, -0.2) is 4.79 Å². The zero-order valence-electron chi connectivity index (χ0n) is 13.4. The number of hydrogen-bond donors (Lipinski definition) is 4. The van der Waals surface area contributed by atoms with E-state index in [2.05, 4.69) is 16.0 Å². The quantitative estimate of drug-likeness (QED) is 0.581. The molecule has 0 radical (unpaired) electrons. The molecule has 0 heterocycles. The fourth-order valence-electron chi connectivity index (χ4n) is 1.80. The van der Waals surface area contributed by atoms with Gasteiger partial charge in [-0.3, -0.25) is 4.79 Å². The van der Waals surface area contributed by atoms with E-state index in [1.54, 1.807) is 18.2 Å². The maximum atomic E-state index is 12.0. The maximum absolute atomic E-state index is 12.0. The normalized spacial score (nSPS) is 11.6. The van der Waals surface area contributed by atoms with Gasteiger partial charge >= 0.3 is 6.03 Å². The van der Waals surface area contributed by atoms with E-state index < -0.39 is 0 Å². The SMILES string of the molecule is CCC(C)NC(=O)c1ccc(NC(=O)NCCCO)c(C)c1. The number of aliphatic hydroxyl groups excluding tert-OH is 1. The molecule has 0 saturated carbocycles. The van der Waals surface area contributed by atoms with E-state index >= 15 is 0 Å². The first-order chi connectivity index (χ1) is 10.5. The van der Waals surface area contributed by atoms with E-state index in [-0.39, 0.29) is 24.6 Å². The summed E-state index contributed by atoms with van der Waals surface area (Å²) in [5, 5.41) is 16.9. The lowest BCUT2D eigenvalue weighted by atomic mass is 10.1. The van der Waals surface area contributed by atoms with Crippen LogP contribution < -0.4 is 16.0 Å². The Balaban J connectivity index is 2.65. The van der Waals surface area contributed by atoms with Gasteiger partial charge in [0.05, 0.1) is 0 Å². The summed E-state index contributed by atoms with van der Waals surface area (Å²) >= 11 is 0. The van der Waals surface area contributed by atoms with E-state index in [1.165, 1.54) is 0 Å². The monoisotopic (exact) mass is 307 g/mol. The van der Waals surface area contributed by atoms with Crippen molar-refractivity contribution in [3.8, 4) is 0 Å². The molecule has 1 aromatic carbocycles. The number of benzene rings is 1. The summed E-state index contributed by atoms with van der Waals surface area (Å²) in [6, 6.07) is 4.96. The summed E-state index contributed by atoms with van der Waals surface area (Å²) in [5.41, 5.74) is 2.04. The molecule has 3 amide bonds. The number of aliphatic hydroxyl groups is 1. The Morgan fingerprint density at radius 1 is 1.32 bits per heavy atom. The zero-order chi connectivity index (χ0) is 16.5. The highest BCUT2D eigenvalue weighted by atomic mass is 16.3. The van der Waals surface area contributed by atoms with Crippen LogP contribution in [-0.2, 0) is 0 Å². The van der Waals surface area contributed by atoms with Crippen LogP contribution >= 0.6 is 0 Å². The number of urea groups is 1. The average Bonchev–Trinajstić information content (AvgIpc) is 2.49. The Bertz CT molecular complexity index is 517. The summed E-state index contributed by atoms with van der Waals surface area (Å²) in [6.07, 6.45) is 1.39. The second-order valence-electron chi connectivity index (χ2n) is 5.27. The van der Waals surface area contributed by atoms with Crippen LogP contribution in [-0.4, -0.2) is 36.2 Å². The van der Waals surface area contributed by atoms with Crippen LogP contribution in [0.3, 0.4) is 0 Å². The second-order valence-corrected chi connectivity index (χ2v) is 5.27. The summed E-state index contributed by atoms with van der Waals surface area (Å²) in [5.74, 6) is -0.114. The topological polar surface area (TPSA) is 90.5 Å². The fraction of sp³-hybridized carbons (Fsp3) is 0.500. The van der Waals surface area contributed by atoms with E-state index in [9.17, 15) is 9.59 Å². The number of nitrogens with one attached hydrogen (secondary N) is 3. The number of aryl methyl sites for hydroxylation is 1. The van der Waals surface area contributed by atoms with Crippen molar-refractivity contribution in [2.75, 3.05) is 18.5 Å². The Labute approximate surface area is 131 Å². The molecule has 6 heteroatoms. The van der Waals surface area contributed by atoms with E-state index in [4.69, 9.17) is 5.11 Å². The molecule has 4 N–H and O–H groups in total. The predicted molar refractivity (Wildman–Crippen MR) is 87.1 cm³/mol. The number of amides is 3. The summed E-state index contributed by atoms with van der Waals surface area (Å²) in [4.78, 5) is 23.7. The maximum Gasteiger partial charge on any atom is 0.319 e. The van der Waals surface area contributed by atoms with Crippen molar-refractivity contribution < 1.29 is 14.7 Å². The van der Waals surface area contributed by atoms with Gasteiger partial charge in [0.15, 0.2) is 0 Å². The first kappa shape index (κ1) is 18.0. The van der Waals surface area contributed by atoms with Gasteiger partial charge in [-0.1, -0.05) is 6.92 Å². The van der Waals surface area contributed by atoms with Gasteiger partial charge < -0.3 is 21.1 Å². The summed E-state index contributed by atoms with van der Waals surface area (Å²) in [6.45, 7) is 6.26. The zero-order valence-corrected chi connectivity index (χ0v) is 13.4. The number of rotatable bonds is 7. The summed E-state index contributed by atoms with van der Waals surface area (Å²) in [7, 11) is 0. The molecule has 1 aromatic rings. The molecule has 1 rings (SSSR count). The van der Waals surface area contributed by atoms with Crippen LogP contribution in [0.4, 0.5) is 10.5 Å². The largest absolute Gasteiger partial charge is 0.396 e. The number of carbonyl (C=O) groups excluding carboxylic acids is 2. The van der Waals surface area contributed by atoms with Crippen molar-refractivity contribution >= 4 is 17.6 Å². The van der Waals surface area contributed by atoms with Crippen molar-refractivity contribution in [3.05, 3.63) is 29.3 Å². The standard InChI is InChI=1S/C16H25N3O3/c1-4-12(3)18-15(21)13-6-7-14(11(2)10-13)19-16(22)17-8-5-9-20/h6-7,10,12,20H,4-5,8-9H2,1-3H3,(H,18,21)(H2,17,19,22). The Morgan fingerprint density at radius 2 is 2.05 bits per heavy atom. The lowest BCUT2D eigenvalue weighted by Gasteiger charge is -2.13. The molecule has 122 valence electrons. The smallest absolute Gasteiger partial charge is 0.319 e. The minimum atomic E-state index is -0.326. The molecule has 22 heavy (non-hydrogen) atoms. The molecule has 1 atom stereocenters. The van der Waals surface area contributed by atoms with Crippen molar-refractivity contribution in [2.24, 2.45) is 0 Å². The van der Waals surface area contributed by atoms with Crippen molar-refractivity contribution in [1.29, 1.82) is 0 Å². The van der Waals surface area contributed by atoms with Gasteiger partial charge in [0.2, 0.25) is 0 Å².